The van der Waals surface area contributed by atoms with Crippen molar-refractivity contribution < 1.29 is 4.79 Å². The topological polar surface area (TPSA) is 81.8 Å². The maximum atomic E-state index is 12.9. The Morgan fingerprint density at radius 2 is 1.70 bits per heavy atom. The first-order valence-corrected chi connectivity index (χ1v) is 8.46. The third-order valence-corrected chi connectivity index (χ3v) is 4.30. The Balaban J connectivity index is 1.67. The molecular formula is C20H17N5O2. The van der Waals surface area contributed by atoms with Gasteiger partial charge in [0.2, 0.25) is 0 Å². The van der Waals surface area contributed by atoms with Crippen molar-refractivity contribution in [1.29, 1.82) is 0 Å². The number of hydrogen-bond acceptors (Lipinski definition) is 4. The van der Waals surface area contributed by atoms with Gasteiger partial charge in [-0.1, -0.05) is 48.5 Å². The molecule has 0 unspecified atom stereocenters. The quantitative estimate of drug-likeness (QED) is 0.607. The van der Waals surface area contributed by atoms with Crippen LogP contribution >= 0.6 is 0 Å². The molecule has 2 aromatic heterocycles. The molecule has 0 bridgehead atoms. The fourth-order valence-corrected chi connectivity index (χ4v) is 2.96. The first-order chi connectivity index (χ1) is 13.1. The highest BCUT2D eigenvalue weighted by molar-refractivity contribution is 6.10. The first kappa shape index (κ1) is 16.7. The van der Waals surface area contributed by atoms with Crippen LogP contribution in [0.3, 0.4) is 0 Å². The van der Waals surface area contributed by atoms with Crippen molar-refractivity contribution in [1.82, 2.24) is 19.6 Å². The van der Waals surface area contributed by atoms with Crippen molar-refractivity contribution >= 4 is 22.5 Å². The molecule has 0 fully saturated rings. The van der Waals surface area contributed by atoms with Crippen molar-refractivity contribution in [2.75, 3.05) is 5.32 Å². The van der Waals surface area contributed by atoms with E-state index in [-0.39, 0.29) is 11.3 Å². The van der Waals surface area contributed by atoms with Crippen molar-refractivity contribution in [3.63, 3.8) is 0 Å². The minimum absolute atomic E-state index is 0.195. The number of hydrogen-bond donors (Lipinski definition) is 1. The lowest BCUT2D eigenvalue weighted by Gasteiger charge is -2.11. The van der Waals surface area contributed by atoms with E-state index < -0.39 is 5.91 Å². The van der Waals surface area contributed by atoms with Gasteiger partial charge in [0.25, 0.3) is 11.5 Å². The van der Waals surface area contributed by atoms with E-state index in [1.807, 2.05) is 30.3 Å². The third kappa shape index (κ3) is 3.22. The Kier molecular flexibility index (Phi) is 4.25. The molecule has 0 aliphatic heterocycles. The van der Waals surface area contributed by atoms with Crippen LogP contribution in [0.2, 0.25) is 0 Å². The lowest BCUT2D eigenvalue weighted by atomic mass is 10.1. The molecule has 1 amide bonds. The summed E-state index contributed by atoms with van der Waals surface area (Å²) in [7, 11) is 1.53. The monoisotopic (exact) mass is 359 g/mol. The van der Waals surface area contributed by atoms with Gasteiger partial charge in [-0.25, -0.2) is 9.36 Å². The normalized spacial score (nSPS) is 10.9. The largest absolute Gasteiger partial charge is 0.305 e. The van der Waals surface area contributed by atoms with E-state index in [2.05, 4.69) is 15.5 Å². The number of nitrogens with one attached hydrogen (secondary N) is 1. The molecule has 0 saturated heterocycles. The van der Waals surface area contributed by atoms with Gasteiger partial charge in [0.15, 0.2) is 5.69 Å². The molecule has 4 rings (SSSR count). The van der Waals surface area contributed by atoms with E-state index in [0.29, 0.717) is 23.1 Å². The molecule has 134 valence electrons. The van der Waals surface area contributed by atoms with Gasteiger partial charge in [-0.3, -0.25) is 9.59 Å². The van der Waals surface area contributed by atoms with Crippen LogP contribution < -0.4 is 10.9 Å². The lowest BCUT2D eigenvalue weighted by molar-refractivity contribution is 0.102. The SMILES string of the molecule is Cn1nc(C(=O)Nc2ccnn2Cc2ccccc2)c2ccccc2c1=O. The van der Waals surface area contributed by atoms with E-state index in [4.69, 9.17) is 0 Å². The van der Waals surface area contributed by atoms with Crippen LogP contribution in [0.15, 0.2) is 71.7 Å². The van der Waals surface area contributed by atoms with Gasteiger partial charge in [0.1, 0.15) is 5.82 Å². The summed E-state index contributed by atoms with van der Waals surface area (Å²) in [4.78, 5) is 25.1. The minimum atomic E-state index is -0.392. The molecule has 0 aliphatic carbocycles. The van der Waals surface area contributed by atoms with Crippen LogP contribution in [0.25, 0.3) is 10.8 Å². The zero-order valence-electron chi connectivity index (χ0n) is 14.7. The Bertz CT molecular complexity index is 1180. The predicted molar refractivity (Wildman–Crippen MR) is 103 cm³/mol. The molecular weight excluding hydrogens is 342 g/mol. The highest BCUT2D eigenvalue weighted by Gasteiger charge is 2.17. The summed E-state index contributed by atoms with van der Waals surface area (Å²) < 4.78 is 2.88. The number of aromatic nitrogens is 4. The van der Waals surface area contributed by atoms with Crippen LogP contribution in [0.1, 0.15) is 16.1 Å². The average Bonchev–Trinajstić information content (AvgIpc) is 3.12. The molecule has 0 spiro atoms. The van der Waals surface area contributed by atoms with Crippen LogP contribution in [-0.2, 0) is 13.6 Å². The number of rotatable bonds is 4. The number of carbonyl (C=O) groups is 1. The molecule has 4 aromatic rings. The van der Waals surface area contributed by atoms with E-state index in [1.54, 1.807) is 41.2 Å². The third-order valence-electron chi connectivity index (χ3n) is 4.30. The summed E-state index contributed by atoms with van der Waals surface area (Å²) >= 11 is 0. The molecule has 27 heavy (non-hydrogen) atoms. The van der Waals surface area contributed by atoms with Crippen LogP contribution in [0.4, 0.5) is 5.82 Å². The maximum Gasteiger partial charge on any atom is 0.277 e. The van der Waals surface area contributed by atoms with Crippen molar-refractivity contribution in [3.05, 3.63) is 88.5 Å². The molecule has 0 atom stereocenters. The first-order valence-electron chi connectivity index (χ1n) is 8.46. The van der Waals surface area contributed by atoms with Gasteiger partial charge in [-0.2, -0.15) is 10.2 Å². The van der Waals surface area contributed by atoms with Gasteiger partial charge in [0.05, 0.1) is 18.1 Å². The number of carbonyl (C=O) groups excluding carboxylic acids is 1. The second-order valence-corrected chi connectivity index (χ2v) is 6.14. The Labute approximate surface area is 154 Å². The lowest BCUT2D eigenvalue weighted by Crippen LogP contribution is -2.26. The molecule has 1 N–H and O–H groups in total. The highest BCUT2D eigenvalue weighted by Crippen LogP contribution is 2.16. The summed E-state index contributed by atoms with van der Waals surface area (Å²) in [5.41, 5.74) is 1.03. The fourth-order valence-electron chi connectivity index (χ4n) is 2.96. The van der Waals surface area contributed by atoms with Crippen molar-refractivity contribution in [2.45, 2.75) is 6.54 Å². The van der Waals surface area contributed by atoms with Gasteiger partial charge in [-0.15, -0.1) is 0 Å². The molecule has 0 aliphatic rings. The van der Waals surface area contributed by atoms with E-state index in [9.17, 15) is 9.59 Å². The Hall–Kier alpha value is -3.74. The van der Waals surface area contributed by atoms with Gasteiger partial charge in [0, 0.05) is 18.5 Å². The maximum absolute atomic E-state index is 12.9. The van der Waals surface area contributed by atoms with Gasteiger partial charge >= 0.3 is 0 Å². The predicted octanol–water partition coefficient (Wildman–Crippen LogP) is 2.43. The minimum Gasteiger partial charge on any atom is -0.305 e. The summed E-state index contributed by atoms with van der Waals surface area (Å²) in [5.74, 6) is 0.167. The molecule has 0 saturated carbocycles. The zero-order valence-corrected chi connectivity index (χ0v) is 14.7. The second kappa shape index (κ2) is 6.87. The van der Waals surface area contributed by atoms with E-state index >= 15 is 0 Å². The van der Waals surface area contributed by atoms with Crippen molar-refractivity contribution in [2.24, 2.45) is 7.05 Å². The summed E-state index contributed by atoms with van der Waals surface area (Å²) in [6, 6.07) is 18.5. The van der Waals surface area contributed by atoms with Crippen LogP contribution in [0.5, 0.6) is 0 Å². The van der Waals surface area contributed by atoms with E-state index in [1.165, 1.54) is 11.7 Å². The van der Waals surface area contributed by atoms with Crippen LogP contribution in [0, 0.1) is 0 Å². The van der Waals surface area contributed by atoms with Gasteiger partial charge in [-0.05, 0) is 11.6 Å². The number of fused-ring (bicyclic) bond motifs is 1. The molecule has 0 radical (unpaired) electrons. The Morgan fingerprint density at radius 1 is 1.00 bits per heavy atom. The number of aryl methyl sites for hydroxylation is 1. The Morgan fingerprint density at radius 3 is 2.48 bits per heavy atom. The molecule has 7 nitrogen and oxygen atoms in total. The number of amides is 1. The number of nitrogens with zero attached hydrogens (tertiary/aromatic N) is 4. The average molecular weight is 359 g/mol. The standard InChI is InChI=1S/C20H17N5O2/c1-24-20(27)16-10-6-5-9-15(16)18(23-24)19(26)22-17-11-12-21-25(17)13-14-7-3-2-4-8-14/h2-12H,13H2,1H3,(H,22,26). The highest BCUT2D eigenvalue weighted by atomic mass is 16.2. The molecule has 2 heterocycles. The smallest absolute Gasteiger partial charge is 0.277 e. The summed E-state index contributed by atoms with van der Waals surface area (Å²) in [6.45, 7) is 0.533. The summed E-state index contributed by atoms with van der Waals surface area (Å²) in [5, 5.41) is 12.3. The molecule has 2 aromatic carbocycles. The number of benzene rings is 2. The summed E-state index contributed by atoms with van der Waals surface area (Å²) in [6.07, 6.45) is 1.63. The molecule has 7 heteroatoms. The van der Waals surface area contributed by atoms with Gasteiger partial charge < -0.3 is 5.32 Å². The second-order valence-electron chi connectivity index (χ2n) is 6.14. The van der Waals surface area contributed by atoms with E-state index in [0.717, 1.165) is 5.56 Å². The van der Waals surface area contributed by atoms with Crippen molar-refractivity contribution in [3.8, 4) is 0 Å². The zero-order chi connectivity index (χ0) is 18.8. The fraction of sp³-hybridized carbons (Fsp3) is 0.100. The van der Waals surface area contributed by atoms with Crippen LogP contribution in [-0.4, -0.2) is 25.5 Å². The number of anilines is 1.